The Morgan fingerprint density at radius 2 is 2.17 bits per heavy atom. The second-order valence-corrected chi connectivity index (χ2v) is 8.65. The number of thiazole rings is 1. The molecule has 0 radical (unpaired) electrons. The fourth-order valence-electron chi connectivity index (χ4n) is 3.15. The lowest BCUT2D eigenvalue weighted by molar-refractivity contribution is 0.0949. The van der Waals surface area contributed by atoms with Crippen molar-refractivity contribution in [3.8, 4) is 16.3 Å². The van der Waals surface area contributed by atoms with Gasteiger partial charge in [0.05, 0.1) is 31.1 Å². The van der Waals surface area contributed by atoms with E-state index in [-0.39, 0.29) is 5.91 Å². The number of carbonyl (C=O) groups excluding carboxylic acids is 1. The molecule has 1 aliphatic heterocycles. The summed E-state index contributed by atoms with van der Waals surface area (Å²) >= 11 is 1.59. The Balaban J connectivity index is 1.52. The molecule has 8 heteroatoms. The smallest absolute Gasteiger partial charge is 0.251 e. The summed E-state index contributed by atoms with van der Waals surface area (Å²) in [5.41, 5.74) is 2.94. The summed E-state index contributed by atoms with van der Waals surface area (Å²) in [6.07, 6.45) is 2.83. The molecule has 3 aromatic rings. The van der Waals surface area contributed by atoms with E-state index in [1.165, 1.54) is 0 Å². The van der Waals surface area contributed by atoms with Crippen molar-refractivity contribution >= 4 is 17.2 Å². The highest BCUT2D eigenvalue weighted by Gasteiger charge is 2.18. The predicted octanol–water partition coefficient (Wildman–Crippen LogP) is 3.56. The zero-order valence-corrected chi connectivity index (χ0v) is 17.9. The van der Waals surface area contributed by atoms with Gasteiger partial charge in [-0.2, -0.15) is 10.2 Å². The summed E-state index contributed by atoms with van der Waals surface area (Å²) in [6, 6.07) is 9.29. The Labute approximate surface area is 179 Å². The van der Waals surface area contributed by atoms with Crippen molar-refractivity contribution in [2.75, 3.05) is 19.8 Å². The second kappa shape index (κ2) is 9.32. The highest BCUT2D eigenvalue weighted by molar-refractivity contribution is 7.14. The highest BCUT2D eigenvalue weighted by atomic mass is 32.1. The van der Waals surface area contributed by atoms with Crippen molar-refractivity contribution in [1.29, 1.82) is 0 Å². The van der Waals surface area contributed by atoms with Crippen LogP contribution in [-0.2, 0) is 11.3 Å². The monoisotopic (exact) mass is 424 g/mol. The number of nitrogens with zero attached hydrogens (tertiary/aromatic N) is 3. The van der Waals surface area contributed by atoms with E-state index in [2.05, 4.69) is 20.5 Å². The molecule has 1 N–H and O–H groups in total. The molecule has 1 aliphatic rings. The van der Waals surface area contributed by atoms with Crippen LogP contribution in [0.1, 0.15) is 33.0 Å². The Bertz CT molecular complexity index is 1010. The molecular weight excluding hydrogens is 400 g/mol. The Morgan fingerprint density at radius 3 is 2.87 bits per heavy atom. The first-order chi connectivity index (χ1) is 14.6. The zero-order valence-electron chi connectivity index (χ0n) is 17.1. The molecule has 1 amide bonds. The van der Waals surface area contributed by atoms with Gasteiger partial charge in [0.1, 0.15) is 10.8 Å². The van der Waals surface area contributed by atoms with Crippen LogP contribution < -0.4 is 10.1 Å². The first kappa shape index (κ1) is 20.4. The molecule has 0 spiro atoms. The van der Waals surface area contributed by atoms with Crippen LogP contribution in [-0.4, -0.2) is 40.9 Å². The van der Waals surface area contributed by atoms with Gasteiger partial charge < -0.3 is 14.8 Å². The fourth-order valence-corrected chi connectivity index (χ4v) is 3.90. The van der Waals surface area contributed by atoms with Crippen LogP contribution >= 0.6 is 11.3 Å². The van der Waals surface area contributed by atoms with Gasteiger partial charge in [-0.1, -0.05) is 0 Å². The molecule has 4 rings (SSSR count). The van der Waals surface area contributed by atoms with E-state index in [0.717, 1.165) is 40.8 Å². The van der Waals surface area contributed by atoms with E-state index in [1.54, 1.807) is 17.4 Å². The van der Waals surface area contributed by atoms with Crippen LogP contribution in [0.5, 0.6) is 5.75 Å². The van der Waals surface area contributed by atoms with Gasteiger partial charge in [-0.15, -0.1) is 11.3 Å². The van der Waals surface area contributed by atoms with Crippen molar-refractivity contribution < 1.29 is 14.3 Å². The van der Waals surface area contributed by atoms with Gasteiger partial charge in [0.25, 0.3) is 5.91 Å². The number of hydrogen-bond acceptors (Lipinski definition) is 7. The van der Waals surface area contributed by atoms with E-state index in [1.807, 2.05) is 44.3 Å². The lowest BCUT2D eigenvalue weighted by atomic mass is 10.1. The third-order valence-corrected chi connectivity index (χ3v) is 5.79. The van der Waals surface area contributed by atoms with Gasteiger partial charge in [0, 0.05) is 34.7 Å². The number of nitrogens with one attached hydrogen (secondary N) is 1. The second-order valence-electron chi connectivity index (χ2n) is 7.41. The van der Waals surface area contributed by atoms with Crippen LogP contribution in [0.2, 0.25) is 0 Å². The molecule has 3 heterocycles. The predicted molar refractivity (Wildman–Crippen MR) is 115 cm³/mol. The van der Waals surface area contributed by atoms with Gasteiger partial charge in [-0.3, -0.25) is 4.79 Å². The quantitative estimate of drug-likeness (QED) is 0.624. The topological polar surface area (TPSA) is 86.2 Å². The number of aryl methyl sites for hydroxylation is 2. The Hall–Kier alpha value is -2.84. The standard InChI is InChI=1S/C22H24N4O3S/c1-14-3-4-19(26-25-14)11-23-21(27)17-7-18(22-24-10-15(2)30-22)9-20(8-17)29-13-16-5-6-28-12-16/h3-4,7-10,16H,5-6,11-13H2,1-2H3,(H,23,27)/t16-/m0/s1. The molecule has 0 unspecified atom stereocenters. The maximum atomic E-state index is 12.8. The number of hydrogen-bond donors (Lipinski definition) is 1. The molecule has 2 aromatic heterocycles. The molecule has 30 heavy (non-hydrogen) atoms. The summed E-state index contributed by atoms with van der Waals surface area (Å²) in [5, 5.41) is 11.9. The molecule has 1 saturated heterocycles. The van der Waals surface area contributed by atoms with E-state index in [0.29, 0.717) is 36.1 Å². The molecule has 0 saturated carbocycles. The summed E-state index contributed by atoms with van der Waals surface area (Å²) in [7, 11) is 0. The molecular formula is C22H24N4O3S. The summed E-state index contributed by atoms with van der Waals surface area (Å²) in [6.45, 7) is 6.26. The lowest BCUT2D eigenvalue weighted by Gasteiger charge is -2.13. The third kappa shape index (κ3) is 5.20. The Morgan fingerprint density at radius 1 is 1.27 bits per heavy atom. The summed E-state index contributed by atoms with van der Waals surface area (Å²) in [5.74, 6) is 0.849. The maximum Gasteiger partial charge on any atom is 0.251 e. The van der Waals surface area contributed by atoms with Crippen molar-refractivity contribution in [1.82, 2.24) is 20.5 Å². The molecule has 0 aliphatic carbocycles. The molecule has 0 bridgehead atoms. The largest absolute Gasteiger partial charge is 0.493 e. The minimum Gasteiger partial charge on any atom is -0.493 e. The van der Waals surface area contributed by atoms with Crippen molar-refractivity contribution in [3.05, 3.63) is 58.4 Å². The molecule has 156 valence electrons. The number of ether oxygens (including phenoxy) is 2. The first-order valence-electron chi connectivity index (χ1n) is 9.92. The normalized spacial score (nSPS) is 15.9. The molecule has 1 aromatic carbocycles. The van der Waals surface area contributed by atoms with Crippen LogP contribution in [0.25, 0.3) is 10.6 Å². The van der Waals surface area contributed by atoms with E-state index >= 15 is 0 Å². The average molecular weight is 425 g/mol. The van der Waals surface area contributed by atoms with Crippen molar-refractivity contribution in [2.24, 2.45) is 5.92 Å². The van der Waals surface area contributed by atoms with Gasteiger partial charge in [0.15, 0.2) is 0 Å². The minimum absolute atomic E-state index is 0.193. The minimum atomic E-state index is -0.193. The summed E-state index contributed by atoms with van der Waals surface area (Å²) < 4.78 is 11.4. The number of carbonyl (C=O) groups is 1. The van der Waals surface area contributed by atoms with Crippen molar-refractivity contribution in [2.45, 2.75) is 26.8 Å². The van der Waals surface area contributed by atoms with E-state index < -0.39 is 0 Å². The lowest BCUT2D eigenvalue weighted by Crippen LogP contribution is -2.23. The van der Waals surface area contributed by atoms with Crippen molar-refractivity contribution in [3.63, 3.8) is 0 Å². The van der Waals surface area contributed by atoms with Gasteiger partial charge in [-0.05, 0) is 50.6 Å². The van der Waals surface area contributed by atoms with Gasteiger partial charge >= 0.3 is 0 Å². The highest BCUT2D eigenvalue weighted by Crippen LogP contribution is 2.30. The SMILES string of the molecule is Cc1ccc(CNC(=O)c2cc(OC[C@H]3CCOC3)cc(-c3ncc(C)s3)c2)nn1. The molecule has 7 nitrogen and oxygen atoms in total. The average Bonchev–Trinajstić information content (AvgIpc) is 3.43. The van der Waals surface area contributed by atoms with Crippen LogP contribution in [0.4, 0.5) is 0 Å². The number of amides is 1. The number of rotatable bonds is 7. The number of aromatic nitrogens is 3. The third-order valence-electron chi connectivity index (χ3n) is 4.83. The van der Waals surface area contributed by atoms with E-state index in [4.69, 9.17) is 9.47 Å². The molecule has 1 atom stereocenters. The first-order valence-corrected chi connectivity index (χ1v) is 10.7. The van der Waals surface area contributed by atoms with Crippen LogP contribution in [0.3, 0.4) is 0 Å². The van der Waals surface area contributed by atoms with Crippen LogP contribution in [0.15, 0.2) is 36.5 Å². The maximum absolute atomic E-state index is 12.8. The van der Waals surface area contributed by atoms with Crippen LogP contribution in [0, 0.1) is 19.8 Å². The molecule has 1 fully saturated rings. The van der Waals surface area contributed by atoms with Gasteiger partial charge in [-0.25, -0.2) is 4.98 Å². The zero-order chi connectivity index (χ0) is 20.9. The fraction of sp³-hybridized carbons (Fsp3) is 0.364. The summed E-state index contributed by atoms with van der Waals surface area (Å²) in [4.78, 5) is 18.4. The van der Waals surface area contributed by atoms with E-state index in [9.17, 15) is 4.79 Å². The Kier molecular flexibility index (Phi) is 6.35. The van der Waals surface area contributed by atoms with Gasteiger partial charge in [0.2, 0.25) is 0 Å². The number of benzene rings is 1.